The van der Waals surface area contributed by atoms with Crippen molar-refractivity contribution in [2.75, 3.05) is 19.7 Å². The largest absolute Gasteiger partial charge is 0.491 e. The zero-order chi connectivity index (χ0) is 14.4. The highest BCUT2D eigenvalue weighted by molar-refractivity contribution is 5.76. The van der Waals surface area contributed by atoms with Crippen molar-refractivity contribution in [1.82, 2.24) is 10.6 Å². The van der Waals surface area contributed by atoms with Crippen LogP contribution in [0.4, 0.5) is 0 Å². The second-order valence-corrected chi connectivity index (χ2v) is 5.18. The molecule has 1 heterocycles. The molecule has 20 heavy (non-hydrogen) atoms. The van der Waals surface area contributed by atoms with Crippen LogP contribution >= 0.6 is 0 Å². The van der Waals surface area contributed by atoms with Crippen LogP contribution in [-0.4, -0.2) is 42.9 Å². The highest BCUT2D eigenvalue weighted by atomic mass is 16.5. The Kier molecular flexibility index (Phi) is 5.38. The number of rotatable bonds is 6. The number of carbonyl (C=O) groups excluding carboxylic acids is 1. The lowest BCUT2D eigenvalue weighted by Gasteiger charge is -2.24. The summed E-state index contributed by atoms with van der Waals surface area (Å²) >= 11 is 0. The fourth-order valence-electron chi connectivity index (χ4n) is 2.17. The zero-order valence-electron chi connectivity index (χ0n) is 11.8. The van der Waals surface area contributed by atoms with Crippen molar-refractivity contribution < 1.29 is 14.6 Å². The van der Waals surface area contributed by atoms with Crippen molar-refractivity contribution in [3.8, 4) is 5.75 Å². The number of benzene rings is 1. The van der Waals surface area contributed by atoms with E-state index in [0.717, 1.165) is 17.7 Å². The van der Waals surface area contributed by atoms with Crippen molar-refractivity contribution in [2.45, 2.75) is 31.9 Å². The van der Waals surface area contributed by atoms with E-state index in [2.05, 4.69) is 10.6 Å². The number of hydrogen-bond acceptors (Lipinski definition) is 4. The second kappa shape index (κ2) is 7.26. The lowest BCUT2D eigenvalue weighted by Crippen LogP contribution is -2.48. The smallest absolute Gasteiger partial charge is 0.220 e. The third kappa shape index (κ3) is 4.51. The fourth-order valence-corrected chi connectivity index (χ4v) is 2.17. The third-order valence-corrected chi connectivity index (χ3v) is 3.43. The maximum atomic E-state index is 11.0. The summed E-state index contributed by atoms with van der Waals surface area (Å²) in [6, 6.07) is 7.98. The molecule has 1 aromatic carbocycles. The molecule has 0 bridgehead atoms. The molecule has 1 amide bonds. The summed E-state index contributed by atoms with van der Waals surface area (Å²) in [7, 11) is 0. The van der Waals surface area contributed by atoms with Crippen LogP contribution in [0.5, 0.6) is 5.75 Å². The molecule has 1 fully saturated rings. The number of para-hydroxylation sites is 1. The minimum atomic E-state index is -0.563. The highest BCUT2D eigenvalue weighted by Gasteiger charge is 2.18. The minimum absolute atomic E-state index is 0.103. The molecular formula is C15H22N2O3. The number of aliphatic hydroxyl groups is 1. The highest BCUT2D eigenvalue weighted by Crippen LogP contribution is 2.16. The van der Waals surface area contributed by atoms with Gasteiger partial charge in [0.25, 0.3) is 0 Å². The van der Waals surface area contributed by atoms with E-state index in [1.165, 1.54) is 0 Å². The maximum absolute atomic E-state index is 11.0. The van der Waals surface area contributed by atoms with Crippen molar-refractivity contribution in [2.24, 2.45) is 0 Å². The van der Waals surface area contributed by atoms with Crippen molar-refractivity contribution in [1.29, 1.82) is 0 Å². The fraction of sp³-hybridized carbons (Fsp3) is 0.533. The van der Waals surface area contributed by atoms with Crippen LogP contribution in [0, 0.1) is 6.92 Å². The molecule has 0 spiro atoms. The summed E-state index contributed by atoms with van der Waals surface area (Å²) in [4.78, 5) is 11.0. The van der Waals surface area contributed by atoms with Gasteiger partial charge in [-0.2, -0.15) is 0 Å². The number of aliphatic hydroxyl groups excluding tert-OH is 1. The molecule has 1 aliphatic rings. The molecular weight excluding hydrogens is 256 g/mol. The quantitative estimate of drug-likeness (QED) is 0.713. The first-order valence-electron chi connectivity index (χ1n) is 7.01. The van der Waals surface area contributed by atoms with Crippen LogP contribution in [0.1, 0.15) is 18.4 Å². The molecule has 5 heteroatoms. The first-order chi connectivity index (χ1) is 9.65. The van der Waals surface area contributed by atoms with Crippen LogP contribution in [0.2, 0.25) is 0 Å². The summed E-state index contributed by atoms with van der Waals surface area (Å²) in [5, 5.41) is 16.0. The number of ether oxygens (including phenoxy) is 1. The van der Waals surface area contributed by atoms with Gasteiger partial charge in [-0.1, -0.05) is 18.2 Å². The Morgan fingerprint density at radius 1 is 1.50 bits per heavy atom. The number of carbonyl (C=O) groups is 1. The van der Waals surface area contributed by atoms with Gasteiger partial charge in [-0.25, -0.2) is 0 Å². The molecule has 0 radical (unpaired) electrons. The molecule has 110 valence electrons. The lowest BCUT2D eigenvalue weighted by molar-refractivity contribution is -0.122. The molecule has 2 atom stereocenters. The first kappa shape index (κ1) is 14.8. The molecule has 1 aliphatic heterocycles. The molecule has 2 unspecified atom stereocenters. The van der Waals surface area contributed by atoms with Gasteiger partial charge in [0, 0.05) is 25.6 Å². The van der Waals surface area contributed by atoms with E-state index >= 15 is 0 Å². The van der Waals surface area contributed by atoms with Crippen molar-refractivity contribution in [3.63, 3.8) is 0 Å². The van der Waals surface area contributed by atoms with E-state index in [1.807, 2.05) is 31.2 Å². The Hall–Kier alpha value is -1.59. The van der Waals surface area contributed by atoms with E-state index in [1.54, 1.807) is 0 Å². The third-order valence-electron chi connectivity index (χ3n) is 3.43. The predicted molar refractivity (Wildman–Crippen MR) is 76.7 cm³/mol. The van der Waals surface area contributed by atoms with Gasteiger partial charge in [0.15, 0.2) is 0 Å². The van der Waals surface area contributed by atoms with Gasteiger partial charge < -0.3 is 20.5 Å². The molecule has 0 saturated carbocycles. The van der Waals surface area contributed by atoms with E-state index in [4.69, 9.17) is 4.74 Å². The zero-order valence-corrected chi connectivity index (χ0v) is 11.8. The van der Waals surface area contributed by atoms with E-state index in [9.17, 15) is 9.90 Å². The molecule has 3 N–H and O–H groups in total. The Morgan fingerprint density at radius 3 is 3.00 bits per heavy atom. The van der Waals surface area contributed by atoms with Crippen LogP contribution in [0.25, 0.3) is 0 Å². The molecule has 5 nitrogen and oxygen atoms in total. The van der Waals surface area contributed by atoms with Crippen LogP contribution in [0.15, 0.2) is 24.3 Å². The van der Waals surface area contributed by atoms with Gasteiger partial charge in [-0.15, -0.1) is 0 Å². The van der Waals surface area contributed by atoms with Crippen LogP contribution in [0.3, 0.4) is 0 Å². The molecule has 1 saturated heterocycles. The summed E-state index contributed by atoms with van der Waals surface area (Å²) in [6.45, 7) is 3.33. The van der Waals surface area contributed by atoms with Gasteiger partial charge in [-0.05, 0) is 25.0 Å². The monoisotopic (exact) mass is 278 g/mol. The predicted octanol–water partition coefficient (Wildman–Crippen LogP) is 0.603. The number of amides is 1. The van der Waals surface area contributed by atoms with Crippen molar-refractivity contribution >= 4 is 5.91 Å². The van der Waals surface area contributed by atoms with Crippen LogP contribution < -0.4 is 15.4 Å². The summed E-state index contributed by atoms with van der Waals surface area (Å²) in [5.74, 6) is 0.906. The summed E-state index contributed by atoms with van der Waals surface area (Å²) in [5.41, 5.74) is 1.06. The van der Waals surface area contributed by atoms with E-state index in [0.29, 0.717) is 19.5 Å². The molecule has 1 aromatic rings. The van der Waals surface area contributed by atoms with Crippen LogP contribution in [-0.2, 0) is 4.79 Å². The lowest BCUT2D eigenvalue weighted by atomic mass is 10.1. The second-order valence-electron chi connectivity index (χ2n) is 5.18. The maximum Gasteiger partial charge on any atom is 0.220 e. The van der Waals surface area contributed by atoms with Gasteiger partial charge in [-0.3, -0.25) is 4.79 Å². The topological polar surface area (TPSA) is 70.6 Å². The number of piperidine rings is 1. The van der Waals surface area contributed by atoms with Crippen molar-refractivity contribution in [3.05, 3.63) is 29.8 Å². The average Bonchev–Trinajstić information content (AvgIpc) is 2.46. The van der Waals surface area contributed by atoms with E-state index < -0.39 is 6.10 Å². The number of hydrogen-bond donors (Lipinski definition) is 3. The Bertz CT molecular complexity index is 440. The molecule has 0 aliphatic carbocycles. The summed E-state index contributed by atoms with van der Waals surface area (Å²) < 4.78 is 5.60. The van der Waals surface area contributed by atoms with Gasteiger partial charge in [0.05, 0.1) is 0 Å². The first-order valence-corrected chi connectivity index (χ1v) is 7.01. The molecule has 2 rings (SSSR count). The number of aryl methyl sites for hydroxylation is 1. The summed E-state index contributed by atoms with van der Waals surface area (Å²) in [6.07, 6.45) is 0.803. The van der Waals surface area contributed by atoms with Gasteiger partial charge in [0.2, 0.25) is 5.91 Å². The standard InChI is InChI=1S/C15H22N2O3/c1-11-4-2-3-5-14(11)20-10-13(18)9-16-12-6-7-15(19)17-8-12/h2-5,12-13,16,18H,6-10H2,1H3,(H,17,19). The Morgan fingerprint density at radius 2 is 2.30 bits per heavy atom. The SMILES string of the molecule is Cc1ccccc1OCC(O)CNC1CCC(=O)NC1. The Labute approximate surface area is 119 Å². The molecule has 0 aromatic heterocycles. The Balaban J connectivity index is 1.67. The minimum Gasteiger partial charge on any atom is -0.491 e. The number of nitrogens with one attached hydrogen (secondary N) is 2. The normalized spacial score (nSPS) is 20.3. The van der Waals surface area contributed by atoms with Gasteiger partial charge in [0.1, 0.15) is 18.5 Å². The van der Waals surface area contributed by atoms with E-state index in [-0.39, 0.29) is 18.6 Å². The van der Waals surface area contributed by atoms with Gasteiger partial charge >= 0.3 is 0 Å². The average molecular weight is 278 g/mol.